The lowest BCUT2D eigenvalue weighted by atomic mass is 10.1. The first kappa shape index (κ1) is 8.89. The van der Waals surface area contributed by atoms with Crippen LogP contribution in [0.2, 0.25) is 0 Å². The van der Waals surface area contributed by atoms with Crippen molar-refractivity contribution < 1.29 is 0 Å². The van der Waals surface area contributed by atoms with Crippen molar-refractivity contribution in [1.82, 2.24) is 0 Å². The van der Waals surface area contributed by atoms with Gasteiger partial charge in [-0.05, 0) is 6.42 Å². The second kappa shape index (κ2) is 3.16. The van der Waals surface area contributed by atoms with Gasteiger partial charge in [0.05, 0.1) is 5.03 Å². The zero-order valence-electron chi connectivity index (χ0n) is 6.40. The van der Waals surface area contributed by atoms with Crippen LogP contribution >= 0.6 is 11.8 Å². The minimum atomic E-state index is 0.256. The van der Waals surface area contributed by atoms with Gasteiger partial charge in [-0.3, -0.25) is 0 Å². The van der Waals surface area contributed by atoms with Crippen molar-refractivity contribution in [1.29, 1.82) is 0 Å². The Bertz CT molecular complexity index is 107. The molecule has 0 fully saturated rings. The first-order valence-electron chi connectivity index (χ1n) is 3.11. The van der Waals surface area contributed by atoms with E-state index in [2.05, 4.69) is 27.4 Å². The summed E-state index contributed by atoms with van der Waals surface area (Å²) < 4.78 is 0.256. The van der Waals surface area contributed by atoms with Crippen LogP contribution in [0, 0.1) is 0 Å². The Kier molecular flexibility index (Phi) is 3.12. The van der Waals surface area contributed by atoms with E-state index in [9.17, 15) is 0 Å². The molecule has 0 aromatic rings. The van der Waals surface area contributed by atoms with Gasteiger partial charge in [0.25, 0.3) is 0 Å². The van der Waals surface area contributed by atoms with Crippen molar-refractivity contribution in [3.05, 3.63) is 11.6 Å². The number of hydrogen-bond donors (Lipinski definition) is 1. The summed E-state index contributed by atoms with van der Waals surface area (Å²) in [5.41, 5.74) is 5.42. The third kappa shape index (κ3) is 4.40. The van der Waals surface area contributed by atoms with Crippen LogP contribution in [0.1, 0.15) is 27.2 Å². The molecule has 0 aromatic heterocycles. The lowest BCUT2D eigenvalue weighted by Crippen LogP contribution is -2.14. The summed E-state index contributed by atoms with van der Waals surface area (Å²) in [7, 11) is 0. The van der Waals surface area contributed by atoms with Crippen LogP contribution in [0.4, 0.5) is 0 Å². The second-order valence-electron chi connectivity index (χ2n) is 2.68. The topological polar surface area (TPSA) is 26.0 Å². The highest BCUT2D eigenvalue weighted by Crippen LogP contribution is 2.30. The van der Waals surface area contributed by atoms with Crippen LogP contribution in [0.3, 0.4) is 0 Å². The molecule has 9 heavy (non-hydrogen) atoms. The van der Waals surface area contributed by atoms with Gasteiger partial charge in [0.1, 0.15) is 0 Å². The molecule has 0 unspecified atom stereocenters. The summed E-state index contributed by atoms with van der Waals surface area (Å²) in [6, 6.07) is 0. The highest BCUT2D eigenvalue weighted by Gasteiger charge is 2.15. The van der Waals surface area contributed by atoms with Crippen LogP contribution in [-0.4, -0.2) is 4.75 Å². The zero-order valence-corrected chi connectivity index (χ0v) is 7.22. The van der Waals surface area contributed by atoms with Crippen molar-refractivity contribution in [2.75, 3.05) is 0 Å². The van der Waals surface area contributed by atoms with Gasteiger partial charge < -0.3 is 5.73 Å². The van der Waals surface area contributed by atoms with Gasteiger partial charge in [-0.15, -0.1) is 11.8 Å². The molecule has 0 radical (unpaired) electrons. The molecular formula is C7H15NS. The molecule has 2 heteroatoms. The molecule has 0 atom stereocenters. The van der Waals surface area contributed by atoms with E-state index in [4.69, 9.17) is 5.73 Å². The van der Waals surface area contributed by atoms with E-state index in [0.29, 0.717) is 5.03 Å². The molecule has 0 aliphatic heterocycles. The Morgan fingerprint density at radius 1 is 1.67 bits per heavy atom. The quantitative estimate of drug-likeness (QED) is 0.659. The Balaban J connectivity index is 3.71. The van der Waals surface area contributed by atoms with Crippen LogP contribution in [-0.2, 0) is 0 Å². The van der Waals surface area contributed by atoms with E-state index in [0.717, 1.165) is 6.42 Å². The molecule has 0 rings (SSSR count). The predicted molar refractivity (Wildman–Crippen MR) is 45.3 cm³/mol. The van der Waals surface area contributed by atoms with Gasteiger partial charge in [-0.25, -0.2) is 0 Å². The monoisotopic (exact) mass is 145 g/mol. The fourth-order valence-electron chi connectivity index (χ4n) is 0.427. The van der Waals surface area contributed by atoms with E-state index in [1.54, 1.807) is 11.8 Å². The van der Waals surface area contributed by atoms with Crippen molar-refractivity contribution in [3.63, 3.8) is 0 Å². The van der Waals surface area contributed by atoms with Crippen LogP contribution < -0.4 is 5.73 Å². The molecule has 0 spiro atoms. The molecule has 0 saturated carbocycles. The Hall–Kier alpha value is -0.110. The fourth-order valence-corrected chi connectivity index (χ4v) is 1.28. The standard InChI is InChI=1S/C7H15NS/c1-5-7(3,4)9-6(2)8/h2,5,8H2,1,3-4H3. The van der Waals surface area contributed by atoms with Gasteiger partial charge in [0, 0.05) is 4.75 Å². The molecule has 0 amide bonds. The van der Waals surface area contributed by atoms with Crippen LogP contribution in [0.5, 0.6) is 0 Å². The molecule has 0 aromatic carbocycles. The number of rotatable bonds is 3. The smallest absolute Gasteiger partial charge is 0.0587 e. The molecule has 0 saturated heterocycles. The largest absolute Gasteiger partial charge is 0.394 e. The molecule has 2 N–H and O–H groups in total. The number of nitrogens with two attached hydrogens (primary N) is 1. The zero-order chi connectivity index (χ0) is 7.49. The molecule has 0 aliphatic carbocycles. The average molecular weight is 145 g/mol. The van der Waals surface area contributed by atoms with E-state index >= 15 is 0 Å². The van der Waals surface area contributed by atoms with E-state index in [1.807, 2.05) is 0 Å². The normalized spacial score (nSPS) is 11.4. The van der Waals surface area contributed by atoms with E-state index in [1.165, 1.54) is 0 Å². The van der Waals surface area contributed by atoms with Crippen LogP contribution in [0.15, 0.2) is 11.6 Å². The molecule has 0 bridgehead atoms. The summed E-state index contributed by atoms with van der Waals surface area (Å²) in [6.45, 7) is 10.1. The lowest BCUT2D eigenvalue weighted by molar-refractivity contribution is 0.687. The van der Waals surface area contributed by atoms with Crippen LogP contribution in [0.25, 0.3) is 0 Å². The minimum absolute atomic E-state index is 0.256. The van der Waals surface area contributed by atoms with Gasteiger partial charge >= 0.3 is 0 Å². The first-order chi connectivity index (χ1) is 3.98. The summed E-state index contributed by atoms with van der Waals surface area (Å²) in [6.07, 6.45) is 1.12. The van der Waals surface area contributed by atoms with Crippen molar-refractivity contribution in [3.8, 4) is 0 Å². The molecule has 1 nitrogen and oxygen atoms in total. The Labute approximate surface area is 61.7 Å². The van der Waals surface area contributed by atoms with Crippen molar-refractivity contribution in [2.24, 2.45) is 5.73 Å². The SMILES string of the molecule is C=C(N)SC(C)(C)CC. The van der Waals surface area contributed by atoms with E-state index in [-0.39, 0.29) is 4.75 Å². The third-order valence-electron chi connectivity index (χ3n) is 1.26. The number of thioether (sulfide) groups is 1. The average Bonchev–Trinajstić information content (AvgIpc) is 1.63. The second-order valence-corrected chi connectivity index (χ2v) is 4.52. The van der Waals surface area contributed by atoms with Gasteiger partial charge in [-0.1, -0.05) is 27.4 Å². The maximum atomic E-state index is 5.42. The lowest BCUT2D eigenvalue weighted by Gasteiger charge is -2.20. The Morgan fingerprint density at radius 2 is 2.11 bits per heavy atom. The summed E-state index contributed by atoms with van der Waals surface area (Å²) >= 11 is 1.64. The Morgan fingerprint density at radius 3 is 2.22 bits per heavy atom. The summed E-state index contributed by atoms with van der Waals surface area (Å²) in [5.74, 6) is 0. The van der Waals surface area contributed by atoms with E-state index < -0.39 is 0 Å². The number of hydrogen-bond acceptors (Lipinski definition) is 2. The first-order valence-corrected chi connectivity index (χ1v) is 3.93. The predicted octanol–water partition coefficient (Wildman–Crippen LogP) is 2.34. The maximum Gasteiger partial charge on any atom is 0.0587 e. The minimum Gasteiger partial charge on any atom is -0.394 e. The van der Waals surface area contributed by atoms with Crippen molar-refractivity contribution >= 4 is 11.8 Å². The van der Waals surface area contributed by atoms with Gasteiger partial charge in [0.2, 0.25) is 0 Å². The summed E-state index contributed by atoms with van der Waals surface area (Å²) in [4.78, 5) is 0. The molecular weight excluding hydrogens is 130 g/mol. The van der Waals surface area contributed by atoms with Gasteiger partial charge in [0.15, 0.2) is 0 Å². The summed E-state index contributed by atoms with van der Waals surface area (Å²) in [5, 5.41) is 0.710. The molecule has 0 aliphatic rings. The van der Waals surface area contributed by atoms with Crippen molar-refractivity contribution in [2.45, 2.75) is 31.9 Å². The van der Waals surface area contributed by atoms with Gasteiger partial charge in [-0.2, -0.15) is 0 Å². The highest BCUT2D eigenvalue weighted by atomic mass is 32.2. The highest BCUT2D eigenvalue weighted by molar-refractivity contribution is 8.04. The third-order valence-corrected chi connectivity index (χ3v) is 2.36. The fraction of sp³-hybridized carbons (Fsp3) is 0.714. The maximum absolute atomic E-state index is 5.42. The molecule has 0 heterocycles. The molecule has 54 valence electrons.